The first-order chi connectivity index (χ1) is 16.3. The van der Waals surface area contributed by atoms with Crippen molar-refractivity contribution in [3.63, 3.8) is 0 Å². The van der Waals surface area contributed by atoms with Gasteiger partial charge in [-0.25, -0.2) is 0 Å². The van der Waals surface area contributed by atoms with E-state index < -0.39 is 34.2 Å². The Balaban J connectivity index is 2.18. The van der Waals surface area contributed by atoms with E-state index in [0.29, 0.717) is 19.5 Å². The van der Waals surface area contributed by atoms with Crippen LogP contribution >= 0.6 is 27.7 Å². The molecule has 0 aromatic heterocycles. The monoisotopic (exact) mass is 569 g/mol. The molecule has 0 saturated carbocycles. The number of hydrogen-bond acceptors (Lipinski definition) is 5. The molecule has 1 N–H and O–H groups in total. The standard InChI is InChI=1S/C26H40BrN3O4S/c1-9-11-28(8)22(32)18-19-23(33)30(17(14-31)15(3)4)21(26(19)13-16(27)20(18)35-26)24(34)29(12-10-2)25(5,6)7/h9-10,15-21,31H,1-2,11-14H2,3-8H3/t16?,17-,18-,19-,20-,21?,26?/m0/s1. The van der Waals surface area contributed by atoms with Crippen LogP contribution in [-0.4, -0.2) is 96.7 Å². The number of likely N-dealkylation sites (N-methyl/N-ethyl adjacent to an activating group) is 1. The lowest BCUT2D eigenvalue weighted by Crippen LogP contribution is -2.61. The summed E-state index contributed by atoms with van der Waals surface area (Å²) in [5, 5.41) is 10.3. The molecule has 3 aliphatic rings. The number of aliphatic hydroxyl groups excluding tert-OH is 1. The molecule has 2 bridgehead atoms. The molecular weight excluding hydrogens is 530 g/mol. The third kappa shape index (κ3) is 4.50. The number of likely N-dealkylation sites (tertiary alicyclic amines) is 1. The van der Waals surface area contributed by atoms with Crippen LogP contribution in [0.1, 0.15) is 41.0 Å². The van der Waals surface area contributed by atoms with Gasteiger partial charge in [-0.3, -0.25) is 14.4 Å². The van der Waals surface area contributed by atoms with Crippen molar-refractivity contribution < 1.29 is 19.5 Å². The summed E-state index contributed by atoms with van der Waals surface area (Å²) in [7, 11) is 1.73. The molecule has 3 heterocycles. The van der Waals surface area contributed by atoms with Gasteiger partial charge in [-0.05, 0) is 33.1 Å². The van der Waals surface area contributed by atoms with Crippen LogP contribution in [0.2, 0.25) is 0 Å². The highest BCUT2D eigenvalue weighted by molar-refractivity contribution is 9.09. The van der Waals surface area contributed by atoms with Crippen LogP contribution in [0.4, 0.5) is 0 Å². The largest absolute Gasteiger partial charge is 0.394 e. The summed E-state index contributed by atoms with van der Waals surface area (Å²) in [5.41, 5.74) is -0.490. The molecule has 3 saturated heterocycles. The van der Waals surface area contributed by atoms with Crippen molar-refractivity contribution in [2.75, 3.05) is 26.7 Å². The van der Waals surface area contributed by atoms with E-state index in [-0.39, 0.29) is 40.3 Å². The lowest BCUT2D eigenvalue weighted by atomic mass is 9.70. The maximum atomic E-state index is 14.4. The number of carbonyl (C=O) groups is 3. The number of fused-ring (bicyclic) bond motifs is 1. The van der Waals surface area contributed by atoms with E-state index in [1.54, 1.807) is 45.7 Å². The van der Waals surface area contributed by atoms with Gasteiger partial charge in [0.2, 0.25) is 17.7 Å². The molecule has 196 valence electrons. The maximum Gasteiger partial charge on any atom is 0.247 e. The van der Waals surface area contributed by atoms with Crippen LogP contribution in [0.25, 0.3) is 0 Å². The second kappa shape index (κ2) is 10.2. The molecule has 0 aliphatic carbocycles. The Labute approximate surface area is 222 Å². The molecule has 3 aliphatic heterocycles. The number of nitrogens with zero attached hydrogens (tertiary/aromatic N) is 3. The van der Waals surface area contributed by atoms with Gasteiger partial charge in [-0.15, -0.1) is 24.9 Å². The zero-order valence-electron chi connectivity index (χ0n) is 21.7. The summed E-state index contributed by atoms with van der Waals surface area (Å²) >= 11 is 5.42. The highest BCUT2D eigenvalue weighted by Crippen LogP contribution is 2.68. The summed E-state index contributed by atoms with van der Waals surface area (Å²) in [6.45, 7) is 17.9. The van der Waals surface area contributed by atoms with E-state index >= 15 is 0 Å². The zero-order chi connectivity index (χ0) is 26.5. The zero-order valence-corrected chi connectivity index (χ0v) is 24.1. The highest BCUT2D eigenvalue weighted by Gasteiger charge is 2.76. The van der Waals surface area contributed by atoms with Gasteiger partial charge < -0.3 is 19.8 Å². The lowest BCUT2D eigenvalue weighted by molar-refractivity contribution is -0.149. The first kappa shape index (κ1) is 28.3. The van der Waals surface area contributed by atoms with Crippen molar-refractivity contribution in [1.29, 1.82) is 0 Å². The molecule has 0 radical (unpaired) electrons. The fourth-order valence-corrected chi connectivity index (χ4v) is 9.70. The van der Waals surface area contributed by atoms with E-state index in [0.717, 1.165) is 0 Å². The number of carbonyl (C=O) groups excluding carboxylic acids is 3. The third-order valence-electron chi connectivity index (χ3n) is 7.73. The Morgan fingerprint density at radius 2 is 1.86 bits per heavy atom. The summed E-state index contributed by atoms with van der Waals surface area (Å²) in [4.78, 5) is 47.3. The smallest absolute Gasteiger partial charge is 0.247 e. The van der Waals surface area contributed by atoms with Gasteiger partial charge in [0, 0.05) is 35.8 Å². The molecule has 35 heavy (non-hydrogen) atoms. The Kier molecular flexibility index (Phi) is 8.24. The second-order valence-corrected chi connectivity index (χ2v) is 14.0. The predicted molar refractivity (Wildman–Crippen MR) is 144 cm³/mol. The van der Waals surface area contributed by atoms with Gasteiger partial charge in [0.15, 0.2) is 0 Å². The first-order valence-electron chi connectivity index (χ1n) is 12.3. The molecule has 0 aromatic rings. The number of halogens is 1. The van der Waals surface area contributed by atoms with E-state index in [1.807, 2.05) is 34.6 Å². The Morgan fingerprint density at radius 3 is 2.34 bits per heavy atom. The molecule has 3 unspecified atom stereocenters. The quantitative estimate of drug-likeness (QED) is 0.341. The topological polar surface area (TPSA) is 81.2 Å². The number of aliphatic hydroxyl groups is 1. The Hall–Kier alpha value is -1.32. The van der Waals surface area contributed by atoms with Crippen molar-refractivity contribution in [1.82, 2.24) is 14.7 Å². The number of hydrogen-bond donors (Lipinski definition) is 1. The third-order valence-corrected chi connectivity index (χ3v) is 10.9. The van der Waals surface area contributed by atoms with E-state index in [2.05, 4.69) is 29.1 Å². The Morgan fingerprint density at radius 1 is 1.26 bits per heavy atom. The van der Waals surface area contributed by atoms with Crippen molar-refractivity contribution >= 4 is 45.4 Å². The minimum absolute atomic E-state index is 0.00648. The minimum atomic E-state index is -0.767. The van der Waals surface area contributed by atoms with Gasteiger partial charge in [0.1, 0.15) is 6.04 Å². The van der Waals surface area contributed by atoms with Gasteiger partial charge in [0.25, 0.3) is 0 Å². The molecule has 0 aromatic carbocycles. The van der Waals surface area contributed by atoms with E-state index in [4.69, 9.17) is 0 Å². The van der Waals surface area contributed by atoms with Crippen LogP contribution in [0, 0.1) is 17.8 Å². The maximum absolute atomic E-state index is 14.4. The van der Waals surface area contributed by atoms with Crippen molar-refractivity contribution in [2.45, 2.75) is 73.5 Å². The minimum Gasteiger partial charge on any atom is -0.394 e. The fourth-order valence-electron chi connectivity index (χ4n) is 6.12. The molecular formula is C26H40BrN3O4S. The van der Waals surface area contributed by atoms with Crippen LogP contribution in [0.15, 0.2) is 25.3 Å². The van der Waals surface area contributed by atoms with Crippen molar-refractivity contribution in [2.24, 2.45) is 17.8 Å². The average Bonchev–Trinajstić information content (AvgIpc) is 3.35. The van der Waals surface area contributed by atoms with Crippen LogP contribution in [0.5, 0.6) is 0 Å². The van der Waals surface area contributed by atoms with Crippen LogP contribution < -0.4 is 0 Å². The van der Waals surface area contributed by atoms with Gasteiger partial charge >= 0.3 is 0 Å². The molecule has 7 nitrogen and oxygen atoms in total. The molecule has 1 spiro atoms. The number of amides is 3. The summed E-state index contributed by atoms with van der Waals surface area (Å²) in [5.74, 6) is -1.64. The number of alkyl halides is 1. The summed E-state index contributed by atoms with van der Waals surface area (Å²) in [6, 6.07) is -1.28. The van der Waals surface area contributed by atoms with Gasteiger partial charge in [-0.2, -0.15) is 0 Å². The van der Waals surface area contributed by atoms with Crippen LogP contribution in [-0.2, 0) is 14.4 Å². The summed E-state index contributed by atoms with van der Waals surface area (Å²) < 4.78 is -0.741. The van der Waals surface area contributed by atoms with E-state index in [9.17, 15) is 19.5 Å². The van der Waals surface area contributed by atoms with Crippen LogP contribution in [0.3, 0.4) is 0 Å². The molecule has 7 atom stereocenters. The molecule has 9 heteroatoms. The highest BCUT2D eigenvalue weighted by atomic mass is 79.9. The first-order valence-corrected chi connectivity index (χ1v) is 14.1. The second-order valence-electron chi connectivity index (χ2n) is 11.3. The number of thioether (sulfide) groups is 1. The molecule has 3 fully saturated rings. The normalized spacial score (nSPS) is 32.5. The molecule has 3 rings (SSSR count). The average molecular weight is 571 g/mol. The number of rotatable bonds is 9. The lowest BCUT2D eigenvalue weighted by Gasteiger charge is -2.44. The summed E-state index contributed by atoms with van der Waals surface area (Å²) in [6.07, 6.45) is 3.99. The molecule has 3 amide bonds. The van der Waals surface area contributed by atoms with Crippen molar-refractivity contribution in [3.05, 3.63) is 25.3 Å². The van der Waals surface area contributed by atoms with Crippen molar-refractivity contribution in [3.8, 4) is 0 Å². The predicted octanol–water partition coefficient (Wildman–Crippen LogP) is 2.93. The van der Waals surface area contributed by atoms with Gasteiger partial charge in [-0.1, -0.05) is 41.9 Å². The van der Waals surface area contributed by atoms with E-state index in [1.165, 1.54) is 0 Å². The van der Waals surface area contributed by atoms with Gasteiger partial charge in [0.05, 0.1) is 29.2 Å². The SMILES string of the molecule is C=CCN(C)C(=O)[C@H]1[C@H]2C(=O)N([C@@H](CO)C(C)C)C(C(=O)N(CC=C)C(C)(C)C)C23CC(Br)[C@@H]1S3. The Bertz CT molecular complexity index is 890. The fraction of sp³-hybridized carbons (Fsp3) is 0.731.